The lowest BCUT2D eigenvalue weighted by molar-refractivity contribution is -0.380. The molecule has 0 saturated carbocycles. The summed E-state index contributed by atoms with van der Waals surface area (Å²) in [6.07, 6.45) is 0.220. The number of carbonyl (C=O) groups is 1. The first kappa shape index (κ1) is 16.6. The molecular formula is C18H14N6O3S. The SMILES string of the molecule is Cc1nn(-c2nc3ccccc3[nH]2)c2c1[C@H](c1ccc([N+](=O)[O-])s1)CC(=O)N2. The summed E-state index contributed by atoms with van der Waals surface area (Å²) >= 11 is 1.09. The molecule has 10 heteroatoms. The molecule has 4 aromatic rings. The number of nitrogens with one attached hydrogen (secondary N) is 2. The maximum Gasteiger partial charge on any atom is 0.324 e. The molecule has 5 rings (SSSR count). The highest BCUT2D eigenvalue weighted by molar-refractivity contribution is 7.15. The first-order chi connectivity index (χ1) is 13.5. The Labute approximate surface area is 162 Å². The van der Waals surface area contributed by atoms with Crippen LogP contribution in [0.15, 0.2) is 36.4 Å². The Bertz CT molecular complexity index is 1220. The molecule has 0 spiro atoms. The highest BCUT2D eigenvalue weighted by Crippen LogP contribution is 2.43. The molecule has 1 aliphatic heterocycles. The van der Waals surface area contributed by atoms with Crippen molar-refractivity contribution in [1.82, 2.24) is 19.7 Å². The lowest BCUT2D eigenvalue weighted by atomic mass is 9.91. The maximum atomic E-state index is 12.4. The fourth-order valence-corrected chi connectivity index (χ4v) is 4.54. The number of hydrogen-bond acceptors (Lipinski definition) is 6. The molecule has 0 aliphatic carbocycles. The van der Waals surface area contributed by atoms with Crippen LogP contribution in [-0.2, 0) is 4.79 Å². The van der Waals surface area contributed by atoms with E-state index >= 15 is 0 Å². The highest BCUT2D eigenvalue weighted by Gasteiger charge is 2.34. The van der Waals surface area contributed by atoms with Gasteiger partial charge in [-0.2, -0.15) is 9.78 Å². The number of rotatable bonds is 3. The Morgan fingerprint density at radius 2 is 2.11 bits per heavy atom. The summed E-state index contributed by atoms with van der Waals surface area (Å²) in [6, 6.07) is 10.8. The molecule has 1 aromatic carbocycles. The van der Waals surface area contributed by atoms with Gasteiger partial charge in [-0.05, 0) is 25.1 Å². The number of nitro groups is 1. The third kappa shape index (κ3) is 2.49. The summed E-state index contributed by atoms with van der Waals surface area (Å²) in [6.45, 7) is 1.87. The van der Waals surface area contributed by atoms with Gasteiger partial charge in [0.05, 0.1) is 21.7 Å². The Kier molecular flexibility index (Phi) is 3.56. The summed E-state index contributed by atoms with van der Waals surface area (Å²) in [5.74, 6) is 0.615. The second-order valence-corrected chi connectivity index (χ2v) is 7.67. The molecule has 3 aromatic heterocycles. The van der Waals surface area contributed by atoms with E-state index in [0.717, 1.165) is 38.5 Å². The van der Waals surface area contributed by atoms with Crippen molar-refractivity contribution in [3.63, 3.8) is 0 Å². The number of hydrogen-bond donors (Lipinski definition) is 2. The van der Waals surface area contributed by atoms with Crippen molar-refractivity contribution in [2.24, 2.45) is 0 Å². The summed E-state index contributed by atoms with van der Waals surface area (Å²) in [7, 11) is 0. The quantitative estimate of drug-likeness (QED) is 0.407. The van der Waals surface area contributed by atoms with E-state index in [4.69, 9.17) is 0 Å². The van der Waals surface area contributed by atoms with Crippen LogP contribution in [-0.4, -0.2) is 30.6 Å². The van der Waals surface area contributed by atoms with E-state index in [9.17, 15) is 14.9 Å². The van der Waals surface area contributed by atoms with Gasteiger partial charge in [0.15, 0.2) is 0 Å². The van der Waals surface area contributed by atoms with Crippen LogP contribution in [0.5, 0.6) is 0 Å². The average molecular weight is 394 g/mol. The van der Waals surface area contributed by atoms with Gasteiger partial charge in [0, 0.05) is 28.8 Å². The molecule has 140 valence electrons. The molecule has 1 aliphatic rings. The molecule has 0 unspecified atom stereocenters. The largest absolute Gasteiger partial charge is 0.324 e. The number of para-hydroxylation sites is 2. The van der Waals surface area contributed by atoms with Crippen LogP contribution in [0.2, 0.25) is 0 Å². The van der Waals surface area contributed by atoms with E-state index in [1.807, 2.05) is 31.2 Å². The van der Waals surface area contributed by atoms with Gasteiger partial charge in [-0.25, -0.2) is 4.98 Å². The second-order valence-electron chi connectivity index (χ2n) is 6.58. The minimum absolute atomic E-state index is 0.0601. The molecule has 2 N–H and O–H groups in total. The normalized spacial score (nSPS) is 16.2. The summed E-state index contributed by atoms with van der Waals surface area (Å²) < 4.78 is 1.59. The van der Waals surface area contributed by atoms with Gasteiger partial charge < -0.3 is 10.3 Å². The number of benzene rings is 1. The van der Waals surface area contributed by atoms with Crippen LogP contribution >= 0.6 is 11.3 Å². The number of thiophene rings is 1. The van der Waals surface area contributed by atoms with Crippen molar-refractivity contribution < 1.29 is 9.72 Å². The maximum absolute atomic E-state index is 12.4. The van der Waals surface area contributed by atoms with Gasteiger partial charge in [0.1, 0.15) is 5.82 Å². The van der Waals surface area contributed by atoms with Crippen LogP contribution in [0.3, 0.4) is 0 Å². The van der Waals surface area contributed by atoms with Crippen LogP contribution in [0.4, 0.5) is 10.8 Å². The fraction of sp³-hybridized carbons (Fsp3) is 0.167. The number of H-pyrrole nitrogens is 1. The van der Waals surface area contributed by atoms with Crippen LogP contribution in [0.1, 0.15) is 28.5 Å². The molecule has 0 bridgehead atoms. The molecule has 0 fully saturated rings. The molecule has 0 radical (unpaired) electrons. The minimum Gasteiger partial charge on any atom is -0.322 e. The topological polar surface area (TPSA) is 119 Å². The molecule has 9 nitrogen and oxygen atoms in total. The first-order valence-corrected chi connectivity index (χ1v) is 9.41. The molecule has 28 heavy (non-hydrogen) atoms. The zero-order valence-electron chi connectivity index (χ0n) is 14.7. The molecule has 1 amide bonds. The second kappa shape index (κ2) is 5.99. The number of amides is 1. The standard InChI is InChI=1S/C18H14N6O3S/c1-9-16-10(13-6-7-15(28-13)24(26)27)8-14(25)21-17(16)23(22-9)18-19-11-4-2-3-5-12(11)20-18/h2-7,10H,8H2,1H3,(H,19,20)(H,21,25)/t10-/m0/s1. The Morgan fingerprint density at radius 3 is 2.86 bits per heavy atom. The zero-order valence-corrected chi connectivity index (χ0v) is 15.5. The molecule has 1 atom stereocenters. The molecule has 4 heterocycles. The van der Waals surface area contributed by atoms with E-state index in [1.165, 1.54) is 6.07 Å². The highest BCUT2D eigenvalue weighted by atomic mass is 32.1. The Balaban J connectivity index is 1.65. The van der Waals surface area contributed by atoms with Crippen LogP contribution in [0, 0.1) is 17.0 Å². The van der Waals surface area contributed by atoms with E-state index in [0.29, 0.717) is 11.8 Å². The number of carbonyl (C=O) groups excluding carboxylic acids is 1. The number of imidazole rings is 1. The monoisotopic (exact) mass is 394 g/mol. The van der Waals surface area contributed by atoms with Crippen molar-refractivity contribution in [1.29, 1.82) is 0 Å². The van der Waals surface area contributed by atoms with Crippen molar-refractivity contribution in [3.8, 4) is 5.95 Å². The molecular weight excluding hydrogens is 380 g/mol. The van der Waals surface area contributed by atoms with Crippen LogP contribution in [0.25, 0.3) is 17.0 Å². The number of nitrogens with zero attached hydrogens (tertiary/aromatic N) is 4. The molecule has 0 saturated heterocycles. The number of fused-ring (bicyclic) bond motifs is 2. The number of anilines is 1. The van der Waals surface area contributed by atoms with E-state index in [2.05, 4.69) is 20.4 Å². The fourth-order valence-electron chi connectivity index (χ4n) is 3.61. The lowest BCUT2D eigenvalue weighted by Gasteiger charge is -2.22. The van der Waals surface area contributed by atoms with Gasteiger partial charge >= 0.3 is 5.00 Å². The van der Waals surface area contributed by atoms with Crippen molar-refractivity contribution >= 4 is 39.1 Å². The van der Waals surface area contributed by atoms with Gasteiger partial charge in [-0.15, -0.1) is 0 Å². The minimum atomic E-state index is -0.414. The number of aromatic nitrogens is 4. The number of aromatic amines is 1. The van der Waals surface area contributed by atoms with Crippen molar-refractivity contribution in [2.45, 2.75) is 19.3 Å². The smallest absolute Gasteiger partial charge is 0.322 e. The van der Waals surface area contributed by atoms with Crippen molar-refractivity contribution in [2.75, 3.05) is 5.32 Å². The summed E-state index contributed by atoms with van der Waals surface area (Å²) in [5.41, 5.74) is 3.27. The Morgan fingerprint density at radius 1 is 1.29 bits per heavy atom. The third-order valence-corrected chi connectivity index (χ3v) is 5.97. The Hall–Kier alpha value is -3.53. The average Bonchev–Trinajstić information content (AvgIpc) is 3.37. The van der Waals surface area contributed by atoms with E-state index < -0.39 is 4.92 Å². The van der Waals surface area contributed by atoms with Gasteiger partial charge in [0.25, 0.3) is 0 Å². The predicted octanol–water partition coefficient (Wildman–Crippen LogP) is 3.50. The van der Waals surface area contributed by atoms with Crippen LogP contribution < -0.4 is 5.32 Å². The zero-order chi connectivity index (χ0) is 19.4. The number of aryl methyl sites for hydroxylation is 1. The van der Waals surface area contributed by atoms with Gasteiger partial charge in [-0.3, -0.25) is 14.9 Å². The predicted molar refractivity (Wildman–Crippen MR) is 104 cm³/mol. The van der Waals surface area contributed by atoms with E-state index in [1.54, 1.807) is 10.7 Å². The first-order valence-electron chi connectivity index (χ1n) is 8.60. The summed E-state index contributed by atoms with van der Waals surface area (Å²) in [5, 5.41) is 18.6. The third-order valence-electron chi connectivity index (χ3n) is 4.82. The lowest BCUT2D eigenvalue weighted by Crippen LogP contribution is -2.24. The van der Waals surface area contributed by atoms with Gasteiger partial charge in [0.2, 0.25) is 11.9 Å². The summed E-state index contributed by atoms with van der Waals surface area (Å²) in [4.78, 5) is 31.6. The van der Waals surface area contributed by atoms with Crippen molar-refractivity contribution in [3.05, 3.63) is 62.6 Å². The van der Waals surface area contributed by atoms with E-state index in [-0.39, 0.29) is 23.2 Å². The van der Waals surface area contributed by atoms with Gasteiger partial charge in [-0.1, -0.05) is 23.5 Å².